The number of carbonyl (C=O) groups is 1. The van der Waals surface area contributed by atoms with Gasteiger partial charge in [-0.1, -0.05) is 18.2 Å². The zero-order valence-corrected chi connectivity index (χ0v) is 16.7. The predicted octanol–water partition coefficient (Wildman–Crippen LogP) is 4.12. The van der Waals surface area contributed by atoms with Crippen LogP contribution >= 0.6 is 11.8 Å². The van der Waals surface area contributed by atoms with E-state index in [0.717, 1.165) is 34.6 Å². The van der Waals surface area contributed by atoms with E-state index >= 15 is 0 Å². The first-order chi connectivity index (χ1) is 13.7. The van der Waals surface area contributed by atoms with Crippen molar-refractivity contribution in [3.63, 3.8) is 0 Å². The van der Waals surface area contributed by atoms with E-state index in [1.807, 2.05) is 41.5 Å². The van der Waals surface area contributed by atoms with E-state index in [9.17, 15) is 4.79 Å². The second-order valence-electron chi connectivity index (χ2n) is 7.43. The minimum absolute atomic E-state index is 0.0409. The molecule has 1 aromatic carbocycles. The third-order valence-electron chi connectivity index (χ3n) is 6.06. The minimum atomic E-state index is -0.0748. The summed E-state index contributed by atoms with van der Waals surface area (Å²) in [6, 6.07) is 12.0. The molecule has 1 fully saturated rings. The Morgan fingerprint density at radius 2 is 2.14 bits per heavy atom. The fourth-order valence-corrected chi connectivity index (χ4v) is 5.28. The molecule has 3 heterocycles. The van der Waals surface area contributed by atoms with E-state index in [1.54, 1.807) is 13.3 Å². The number of fused-ring (bicyclic) bond motifs is 6. The third kappa shape index (κ3) is 2.66. The lowest BCUT2D eigenvalue weighted by atomic mass is 9.77. The number of para-hydroxylation sites is 1. The summed E-state index contributed by atoms with van der Waals surface area (Å²) in [7, 11) is 1.72. The molecule has 0 N–H and O–H groups in total. The van der Waals surface area contributed by atoms with E-state index in [1.165, 1.54) is 17.3 Å². The summed E-state index contributed by atoms with van der Waals surface area (Å²) in [5, 5.41) is 1.93. The summed E-state index contributed by atoms with van der Waals surface area (Å²) in [6.07, 6.45) is 5.30. The second-order valence-corrected chi connectivity index (χ2v) is 8.23. The molecule has 28 heavy (non-hydrogen) atoms. The number of pyridine rings is 1. The lowest BCUT2D eigenvalue weighted by molar-refractivity contribution is -0.0149. The summed E-state index contributed by atoms with van der Waals surface area (Å²) >= 11 is 1.50. The van der Waals surface area contributed by atoms with Gasteiger partial charge in [-0.05, 0) is 37.3 Å². The van der Waals surface area contributed by atoms with E-state index in [2.05, 4.69) is 11.1 Å². The maximum atomic E-state index is 13.4. The Hall–Kier alpha value is -2.31. The first-order valence-corrected chi connectivity index (χ1v) is 10.8. The molecular weight excluding hydrogens is 372 g/mol. The average Bonchev–Trinajstić information content (AvgIpc) is 3.12. The molecule has 1 aliphatic heterocycles. The standard InChI is InChI=1S/C22H22N2O3S/c1-26-19-12-24(22(25)15-7-5-9-23-21(15)28-2)13-10-16-14-6-3-4-8-18(14)27-20(16)17(19)11-13/h3-9,13,17,19H,10-12H2,1-2H3/t13-,17+,19-/m0/s1. The SMILES string of the molecule is CO[C@H]1CN(C(=O)c2cccnc2SC)[C@H]2Cc3c(oc4ccccc34)[C@@H]1C2. The summed E-state index contributed by atoms with van der Waals surface area (Å²) in [4.78, 5) is 19.8. The van der Waals surface area contributed by atoms with Crippen molar-refractivity contribution >= 4 is 28.6 Å². The van der Waals surface area contributed by atoms with Crippen LogP contribution in [0.1, 0.15) is 34.0 Å². The topological polar surface area (TPSA) is 55.6 Å². The average molecular weight is 394 g/mol. The molecule has 0 unspecified atom stereocenters. The number of ether oxygens (including phenoxy) is 1. The predicted molar refractivity (Wildman–Crippen MR) is 109 cm³/mol. The van der Waals surface area contributed by atoms with Gasteiger partial charge in [-0.3, -0.25) is 4.79 Å². The van der Waals surface area contributed by atoms with Crippen molar-refractivity contribution in [2.75, 3.05) is 19.9 Å². The smallest absolute Gasteiger partial charge is 0.256 e. The molecule has 2 bridgehead atoms. The molecule has 1 amide bonds. The monoisotopic (exact) mass is 394 g/mol. The third-order valence-corrected chi connectivity index (χ3v) is 6.77. The van der Waals surface area contributed by atoms with Gasteiger partial charge in [-0.25, -0.2) is 4.98 Å². The zero-order valence-electron chi connectivity index (χ0n) is 15.9. The number of rotatable bonds is 3. The van der Waals surface area contributed by atoms with Crippen molar-refractivity contribution in [3.05, 3.63) is 59.5 Å². The summed E-state index contributed by atoms with van der Waals surface area (Å²) < 4.78 is 12.1. The number of methoxy groups -OCH3 is 1. The Kier molecular flexibility index (Phi) is 4.40. The minimum Gasteiger partial charge on any atom is -0.460 e. The van der Waals surface area contributed by atoms with Crippen LogP contribution in [0.25, 0.3) is 11.0 Å². The molecule has 0 radical (unpaired) electrons. The Morgan fingerprint density at radius 3 is 2.96 bits per heavy atom. The highest BCUT2D eigenvalue weighted by atomic mass is 32.2. The number of carbonyl (C=O) groups excluding carboxylic acids is 1. The van der Waals surface area contributed by atoms with E-state index in [-0.39, 0.29) is 24.0 Å². The maximum Gasteiger partial charge on any atom is 0.256 e. The van der Waals surface area contributed by atoms with Gasteiger partial charge in [0.1, 0.15) is 16.4 Å². The number of thioether (sulfide) groups is 1. The lowest BCUT2D eigenvalue weighted by Gasteiger charge is -2.46. The number of furan rings is 1. The zero-order chi connectivity index (χ0) is 19.3. The van der Waals surface area contributed by atoms with E-state index < -0.39 is 0 Å². The van der Waals surface area contributed by atoms with Crippen LogP contribution in [0.15, 0.2) is 52.0 Å². The van der Waals surface area contributed by atoms with Gasteiger partial charge in [0.15, 0.2) is 0 Å². The van der Waals surface area contributed by atoms with Gasteiger partial charge in [0.25, 0.3) is 5.91 Å². The van der Waals surface area contributed by atoms with Gasteiger partial charge >= 0.3 is 0 Å². The Bertz CT molecular complexity index is 1050. The largest absolute Gasteiger partial charge is 0.460 e. The lowest BCUT2D eigenvalue weighted by Crippen LogP contribution is -2.54. The maximum absolute atomic E-state index is 13.4. The van der Waals surface area contributed by atoms with Crippen molar-refractivity contribution < 1.29 is 13.9 Å². The number of nitrogens with zero attached hydrogens (tertiary/aromatic N) is 2. The Balaban J connectivity index is 1.56. The molecule has 3 atom stereocenters. The van der Waals surface area contributed by atoms with Crippen LogP contribution in [0.4, 0.5) is 0 Å². The Labute approximate surface area is 168 Å². The number of piperidine rings is 1. The highest BCUT2D eigenvalue weighted by Gasteiger charge is 2.45. The number of hydrogen-bond donors (Lipinski definition) is 0. The molecular formula is C22H22N2O3S. The number of aromatic nitrogens is 1. The second kappa shape index (κ2) is 6.94. The molecule has 1 aliphatic carbocycles. The summed E-state index contributed by atoms with van der Waals surface area (Å²) in [5.41, 5.74) is 2.82. The Morgan fingerprint density at radius 1 is 1.29 bits per heavy atom. The van der Waals surface area contributed by atoms with Crippen molar-refractivity contribution in [1.82, 2.24) is 9.88 Å². The molecule has 2 aliphatic rings. The molecule has 144 valence electrons. The summed E-state index contributed by atoms with van der Waals surface area (Å²) in [6.45, 7) is 0.573. The van der Waals surface area contributed by atoms with E-state index in [4.69, 9.17) is 9.15 Å². The normalized spacial score (nSPS) is 23.6. The first-order valence-electron chi connectivity index (χ1n) is 9.54. The van der Waals surface area contributed by atoms with E-state index in [0.29, 0.717) is 12.1 Å². The van der Waals surface area contributed by atoms with Gasteiger partial charge in [0, 0.05) is 42.8 Å². The van der Waals surface area contributed by atoms with Gasteiger partial charge in [0.05, 0.1) is 11.7 Å². The highest BCUT2D eigenvalue weighted by molar-refractivity contribution is 7.98. The van der Waals surface area contributed by atoms with Crippen LogP contribution in [-0.4, -0.2) is 47.8 Å². The van der Waals surface area contributed by atoms with Gasteiger partial charge in [0.2, 0.25) is 0 Å². The molecule has 6 heteroatoms. The van der Waals surface area contributed by atoms with Crippen LogP contribution in [0.2, 0.25) is 0 Å². The summed E-state index contributed by atoms with van der Waals surface area (Å²) in [5.74, 6) is 1.27. The van der Waals surface area contributed by atoms with Crippen LogP contribution < -0.4 is 0 Å². The molecule has 2 aromatic heterocycles. The quantitative estimate of drug-likeness (QED) is 0.626. The van der Waals surface area contributed by atoms with Gasteiger partial charge in [-0.2, -0.15) is 0 Å². The highest BCUT2D eigenvalue weighted by Crippen LogP contribution is 2.45. The molecule has 3 aromatic rings. The van der Waals surface area contributed by atoms with Crippen LogP contribution in [0.3, 0.4) is 0 Å². The first kappa shape index (κ1) is 17.8. The molecule has 1 saturated heterocycles. The van der Waals surface area contributed by atoms with Crippen LogP contribution in [-0.2, 0) is 11.2 Å². The molecule has 0 saturated carbocycles. The van der Waals surface area contributed by atoms with Gasteiger partial charge < -0.3 is 14.1 Å². The van der Waals surface area contributed by atoms with Crippen molar-refractivity contribution in [2.45, 2.75) is 35.9 Å². The number of amides is 1. The van der Waals surface area contributed by atoms with Crippen molar-refractivity contribution in [2.24, 2.45) is 0 Å². The molecule has 5 nitrogen and oxygen atoms in total. The van der Waals surface area contributed by atoms with Gasteiger partial charge in [-0.15, -0.1) is 11.8 Å². The van der Waals surface area contributed by atoms with Crippen molar-refractivity contribution in [3.8, 4) is 0 Å². The van der Waals surface area contributed by atoms with Crippen molar-refractivity contribution in [1.29, 1.82) is 0 Å². The fraction of sp³-hybridized carbons (Fsp3) is 0.364. The number of likely N-dealkylation sites (tertiary alicyclic amines) is 1. The molecule has 5 rings (SSSR count). The number of benzene rings is 1. The van der Waals surface area contributed by atoms with Crippen LogP contribution in [0, 0.1) is 0 Å². The van der Waals surface area contributed by atoms with Crippen LogP contribution in [0.5, 0.6) is 0 Å². The molecule has 0 spiro atoms. The fourth-order valence-electron chi connectivity index (χ4n) is 4.73. The number of hydrogen-bond acceptors (Lipinski definition) is 5.